The fourth-order valence-corrected chi connectivity index (χ4v) is 2.99. The molecule has 1 amide bonds. The second kappa shape index (κ2) is 7.03. The molecule has 20 heavy (non-hydrogen) atoms. The third-order valence-electron chi connectivity index (χ3n) is 3.63. The minimum atomic E-state index is -3.35. The van der Waals surface area contributed by atoms with Crippen LogP contribution in [0.5, 0.6) is 0 Å². The van der Waals surface area contributed by atoms with Crippen LogP contribution in [-0.4, -0.2) is 67.0 Å². The largest absolute Gasteiger partial charge is 0.481 e. The Morgan fingerprint density at radius 1 is 1.30 bits per heavy atom. The summed E-state index contributed by atoms with van der Waals surface area (Å²) < 4.78 is 24.2. The molecule has 116 valence electrons. The topological polar surface area (TPSA) is 95.0 Å². The molecule has 1 heterocycles. The van der Waals surface area contributed by atoms with Crippen LogP contribution in [0.1, 0.15) is 26.2 Å². The Balaban J connectivity index is 2.45. The molecule has 8 heteroatoms. The molecule has 0 atom stereocenters. The summed E-state index contributed by atoms with van der Waals surface area (Å²) in [4.78, 5) is 24.2. The van der Waals surface area contributed by atoms with E-state index in [0.717, 1.165) is 4.31 Å². The van der Waals surface area contributed by atoms with Crippen LogP contribution in [0.3, 0.4) is 0 Å². The van der Waals surface area contributed by atoms with E-state index in [1.807, 2.05) is 0 Å². The number of carbonyl (C=O) groups is 2. The number of piperidine rings is 1. The standard InChI is InChI=1S/C12H22N2O5S/c1-3-20(18,19)13(2)9-11(15)14-6-4-10(5-7-14)8-12(16)17/h10H,3-9H2,1-2H3,(H,16,17). The number of amides is 1. The zero-order valence-electron chi connectivity index (χ0n) is 11.9. The van der Waals surface area contributed by atoms with Crippen molar-refractivity contribution in [2.75, 3.05) is 32.4 Å². The quantitative estimate of drug-likeness (QED) is 0.744. The zero-order chi connectivity index (χ0) is 15.3. The molecule has 0 spiro atoms. The molecule has 0 saturated carbocycles. The van der Waals surface area contributed by atoms with Gasteiger partial charge in [0.05, 0.1) is 12.3 Å². The molecular weight excluding hydrogens is 284 g/mol. The van der Waals surface area contributed by atoms with Crippen molar-refractivity contribution < 1.29 is 23.1 Å². The lowest BCUT2D eigenvalue weighted by Crippen LogP contribution is -2.45. The molecule has 0 aliphatic carbocycles. The summed E-state index contributed by atoms with van der Waals surface area (Å²) in [6, 6.07) is 0. The van der Waals surface area contributed by atoms with Gasteiger partial charge in [-0.3, -0.25) is 9.59 Å². The van der Waals surface area contributed by atoms with Crippen LogP contribution in [0.25, 0.3) is 0 Å². The first-order valence-electron chi connectivity index (χ1n) is 6.69. The van der Waals surface area contributed by atoms with Gasteiger partial charge in [-0.05, 0) is 25.7 Å². The Kier molecular flexibility index (Phi) is 5.94. The highest BCUT2D eigenvalue weighted by molar-refractivity contribution is 7.89. The van der Waals surface area contributed by atoms with Gasteiger partial charge in [-0.15, -0.1) is 0 Å². The number of nitrogens with zero attached hydrogens (tertiary/aromatic N) is 2. The normalized spacial score (nSPS) is 17.4. The first-order valence-corrected chi connectivity index (χ1v) is 8.30. The molecule has 1 aliphatic rings. The van der Waals surface area contributed by atoms with Gasteiger partial charge >= 0.3 is 5.97 Å². The molecular formula is C12H22N2O5S. The third-order valence-corrected chi connectivity index (χ3v) is 5.44. The average Bonchev–Trinajstić information content (AvgIpc) is 2.38. The second-order valence-corrected chi connectivity index (χ2v) is 7.44. The SMILES string of the molecule is CCS(=O)(=O)N(C)CC(=O)N1CCC(CC(=O)O)CC1. The van der Waals surface area contributed by atoms with Gasteiger partial charge < -0.3 is 10.0 Å². The highest BCUT2D eigenvalue weighted by Crippen LogP contribution is 2.20. The third kappa shape index (κ3) is 4.75. The average molecular weight is 306 g/mol. The summed E-state index contributed by atoms with van der Waals surface area (Å²) in [7, 11) is -1.95. The molecule has 0 unspecified atom stereocenters. The van der Waals surface area contributed by atoms with E-state index in [0.29, 0.717) is 25.9 Å². The fourth-order valence-electron chi connectivity index (χ4n) is 2.24. The zero-order valence-corrected chi connectivity index (χ0v) is 12.7. The molecule has 1 N–H and O–H groups in total. The molecule has 1 fully saturated rings. The van der Waals surface area contributed by atoms with Crippen molar-refractivity contribution in [3.05, 3.63) is 0 Å². The van der Waals surface area contributed by atoms with E-state index in [1.165, 1.54) is 14.0 Å². The van der Waals surface area contributed by atoms with Crippen molar-refractivity contribution >= 4 is 21.9 Å². The summed E-state index contributed by atoms with van der Waals surface area (Å²) in [6.45, 7) is 2.38. The molecule has 7 nitrogen and oxygen atoms in total. The van der Waals surface area contributed by atoms with Gasteiger partial charge in [0.25, 0.3) is 0 Å². The van der Waals surface area contributed by atoms with E-state index >= 15 is 0 Å². The van der Waals surface area contributed by atoms with Gasteiger partial charge in [-0.1, -0.05) is 0 Å². The lowest BCUT2D eigenvalue weighted by atomic mass is 9.93. The van der Waals surface area contributed by atoms with Crippen LogP contribution in [0.15, 0.2) is 0 Å². The van der Waals surface area contributed by atoms with E-state index in [1.54, 1.807) is 4.90 Å². The van der Waals surface area contributed by atoms with Gasteiger partial charge in [0.2, 0.25) is 15.9 Å². The van der Waals surface area contributed by atoms with Crippen molar-refractivity contribution in [2.45, 2.75) is 26.2 Å². The van der Waals surface area contributed by atoms with Gasteiger partial charge in [0, 0.05) is 26.6 Å². The van der Waals surface area contributed by atoms with Gasteiger partial charge in [-0.25, -0.2) is 8.42 Å². The smallest absolute Gasteiger partial charge is 0.303 e. The fraction of sp³-hybridized carbons (Fsp3) is 0.833. The van der Waals surface area contributed by atoms with Gasteiger partial charge in [0.15, 0.2) is 0 Å². The maximum absolute atomic E-state index is 12.0. The van der Waals surface area contributed by atoms with Crippen molar-refractivity contribution in [1.82, 2.24) is 9.21 Å². The lowest BCUT2D eigenvalue weighted by molar-refractivity contribution is -0.138. The maximum atomic E-state index is 12.0. The van der Waals surface area contributed by atoms with E-state index in [9.17, 15) is 18.0 Å². The number of hydrogen-bond acceptors (Lipinski definition) is 4. The monoisotopic (exact) mass is 306 g/mol. The summed E-state index contributed by atoms with van der Waals surface area (Å²) in [5.41, 5.74) is 0. The Morgan fingerprint density at radius 3 is 2.30 bits per heavy atom. The lowest BCUT2D eigenvalue weighted by Gasteiger charge is -2.32. The summed E-state index contributed by atoms with van der Waals surface area (Å²) >= 11 is 0. The number of likely N-dealkylation sites (tertiary alicyclic amines) is 1. The van der Waals surface area contributed by atoms with Crippen LogP contribution < -0.4 is 0 Å². The number of carboxylic acids is 1. The molecule has 0 radical (unpaired) electrons. The summed E-state index contributed by atoms with van der Waals surface area (Å²) in [5, 5.41) is 8.72. The Bertz CT molecular complexity index is 454. The van der Waals surface area contributed by atoms with Crippen LogP contribution in [-0.2, 0) is 19.6 Å². The van der Waals surface area contributed by atoms with Crippen LogP contribution in [0.2, 0.25) is 0 Å². The van der Waals surface area contributed by atoms with Crippen LogP contribution in [0, 0.1) is 5.92 Å². The first-order chi connectivity index (χ1) is 9.26. The molecule has 0 bridgehead atoms. The van der Waals surface area contributed by atoms with Crippen molar-refractivity contribution in [1.29, 1.82) is 0 Å². The number of carboxylic acid groups (broad SMARTS) is 1. The van der Waals surface area contributed by atoms with Gasteiger partial charge in [0.1, 0.15) is 0 Å². The van der Waals surface area contributed by atoms with Gasteiger partial charge in [-0.2, -0.15) is 4.31 Å². The van der Waals surface area contributed by atoms with E-state index in [2.05, 4.69) is 0 Å². The number of aliphatic carboxylic acids is 1. The molecule has 1 rings (SSSR count). The van der Waals surface area contributed by atoms with Crippen molar-refractivity contribution in [3.63, 3.8) is 0 Å². The van der Waals surface area contributed by atoms with E-state index in [-0.39, 0.29) is 30.5 Å². The molecule has 0 aromatic heterocycles. The minimum Gasteiger partial charge on any atom is -0.481 e. The van der Waals surface area contributed by atoms with Crippen molar-refractivity contribution in [3.8, 4) is 0 Å². The summed E-state index contributed by atoms with van der Waals surface area (Å²) in [6.07, 6.45) is 1.44. The Labute approximate surface area is 119 Å². The number of rotatable bonds is 6. The molecule has 0 aromatic carbocycles. The van der Waals surface area contributed by atoms with E-state index in [4.69, 9.17) is 5.11 Å². The van der Waals surface area contributed by atoms with Crippen LogP contribution >= 0.6 is 0 Å². The Morgan fingerprint density at radius 2 is 1.85 bits per heavy atom. The second-order valence-electron chi connectivity index (χ2n) is 5.08. The Hall–Kier alpha value is -1.15. The first kappa shape index (κ1) is 16.9. The van der Waals surface area contributed by atoms with Crippen molar-refractivity contribution in [2.24, 2.45) is 5.92 Å². The highest BCUT2D eigenvalue weighted by Gasteiger charge is 2.26. The van der Waals surface area contributed by atoms with Crippen LogP contribution in [0.4, 0.5) is 0 Å². The number of hydrogen-bond donors (Lipinski definition) is 1. The summed E-state index contributed by atoms with van der Waals surface area (Å²) in [5.74, 6) is -0.965. The predicted octanol–water partition coefficient (Wildman–Crippen LogP) is -0.0188. The highest BCUT2D eigenvalue weighted by atomic mass is 32.2. The molecule has 1 aliphatic heterocycles. The van der Waals surface area contributed by atoms with E-state index < -0.39 is 16.0 Å². The maximum Gasteiger partial charge on any atom is 0.303 e. The number of sulfonamides is 1. The number of likely N-dealkylation sites (N-methyl/N-ethyl adjacent to an activating group) is 1. The molecule has 0 aromatic rings. The minimum absolute atomic E-state index is 0.0303. The number of carbonyl (C=O) groups excluding carboxylic acids is 1. The molecule has 1 saturated heterocycles. The predicted molar refractivity (Wildman–Crippen MR) is 73.6 cm³/mol.